The minimum absolute atomic E-state index is 0.232. The van der Waals surface area contributed by atoms with Crippen molar-refractivity contribution in [1.82, 2.24) is 5.32 Å². The number of rotatable bonds is 4. The van der Waals surface area contributed by atoms with Crippen molar-refractivity contribution in [3.8, 4) is 0 Å². The van der Waals surface area contributed by atoms with E-state index in [4.69, 9.17) is 0 Å². The number of nitrogens with one attached hydrogen (secondary N) is 1. The Hall–Kier alpha value is -2.41. The third-order valence-corrected chi connectivity index (χ3v) is 4.13. The second-order valence-electron chi connectivity index (χ2n) is 4.74. The number of carbonyl (C=O) groups excluding carboxylic acids is 2. The minimum Gasteiger partial charge on any atom is -0.466 e. The number of nitrogens with zero attached hydrogens (tertiary/aromatic N) is 2. The Bertz CT molecular complexity index is 723. The molecule has 1 fully saturated rings. The summed E-state index contributed by atoms with van der Waals surface area (Å²) in [5, 5.41) is 10.9. The van der Waals surface area contributed by atoms with Crippen molar-refractivity contribution in [3.63, 3.8) is 0 Å². The van der Waals surface area contributed by atoms with Gasteiger partial charge in [0.05, 0.1) is 18.2 Å². The summed E-state index contributed by atoms with van der Waals surface area (Å²) in [6.45, 7) is 4.09. The van der Waals surface area contributed by atoms with E-state index in [1.54, 1.807) is 6.21 Å². The molecule has 0 unspecified atom stereocenters. The third-order valence-electron chi connectivity index (χ3n) is 3.23. The predicted octanol–water partition coefficient (Wildman–Crippen LogP) is 2.17. The molecule has 0 atom stereocenters. The van der Waals surface area contributed by atoms with Gasteiger partial charge in [0.15, 0.2) is 5.17 Å². The van der Waals surface area contributed by atoms with Crippen molar-refractivity contribution < 1.29 is 14.3 Å². The Morgan fingerprint density at radius 3 is 2.91 bits per heavy atom. The van der Waals surface area contributed by atoms with Crippen LogP contribution in [0, 0.1) is 6.92 Å². The Morgan fingerprint density at radius 2 is 2.22 bits per heavy atom. The highest BCUT2D eigenvalue weighted by Crippen LogP contribution is 2.23. The van der Waals surface area contributed by atoms with Crippen LogP contribution in [0.5, 0.6) is 0 Å². The SMILES string of the molecule is CCc1cccc(C)c1C=N/N=C1/NC(=O)/C(=C\C(=O)OC)S1. The van der Waals surface area contributed by atoms with Crippen LogP contribution in [-0.4, -0.2) is 30.4 Å². The molecule has 1 aliphatic heterocycles. The molecule has 0 bridgehead atoms. The summed E-state index contributed by atoms with van der Waals surface area (Å²) < 4.78 is 4.50. The average Bonchev–Trinajstić information content (AvgIpc) is 2.88. The number of amides is 1. The lowest BCUT2D eigenvalue weighted by molar-refractivity contribution is -0.135. The number of carbonyl (C=O) groups is 2. The molecule has 1 aliphatic rings. The highest BCUT2D eigenvalue weighted by atomic mass is 32.2. The zero-order chi connectivity index (χ0) is 16.8. The lowest BCUT2D eigenvalue weighted by atomic mass is 10.0. The first-order valence-electron chi connectivity index (χ1n) is 7.03. The first-order valence-corrected chi connectivity index (χ1v) is 7.85. The van der Waals surface area contributed by atoms with Crippen molar-refractivity contribution >= 4 is 35.0 Å². The molecule has 0 radical (unpaired) electrons. The van der Waals surface area contributed by atoms with Crippen molar-refractivity contribution in [3.05, 3.63) is 45.9 Å². The maximum absolute atomic E-state index is 11.7. The van der Waals surface area contributed by atoms with Crippen LogP contribution in [0.3, 0.4) is 0 Å². The fraction of sp³-hybridized carbons (Fsp3) is 0.250. The van der Waals surface area contributed by atoms with Crippen molar-refractivity contribution in [2.45, 2.75) is 20.3 Å². The number of hydrogen-bond acceptors (Lipinski definition) is 6. The predicted molar refractivity (Wildman–Crippen MR) is 91.4 cm³/mol. The van der Waals surface area contributed by atoms with E-state index in [0.29, 0.717) is 5.17 Å². The van der Waals surface area contributed by atoms with Crippen LogP contribution in [0.1, 0.15) is 23.6 Å². The molecule has 1 heterocycles. The fourth-order valence-electron chi connectivity index (χ4n) is 2.01. The number of methoxy groups -OCH3 is 1. The van der Waals surface area contributed by atoms with Crippen LogP contribution < -0.4 is 5.32 Å². The Morgan fingerprint density at radius 1 is 1.43 bits per heavy atom. The molecule has 7 heteroatoms. The highest BCUT2D eigenvalue weighted by molar-refractivity contribution is 8.18. The van der Waals surface area contributed by atoms with Gasteiger partial charge >= 0.3 is 5.97 Å². The van der Waals surface area contributed by atoms with Crippen molar-refractivity contribution in [1.29, 1.82) is 0 Å². The summed E-state index contributed by atoms with van der Waals surface area (Å²) in [7, 11) is 1.25. The van der Waals surface area contributed by atoms with Gasteiger partial charge < -0.3 is 4.74 Å². The molecule has 6 nitrogen and oxygen atoms in total. The van der Waals surface area contributed by atoms with Crippen molar-refractivity contribution in [2.24, 2.45) is 10.2 Å². The monoisotopic (exact) mass is 331 g/mol. The highest BCUT2D eigenvalue weighted by Gasteiger charge is 2.24. The van der Waals surface area contributed by atoms with E-state index in [9.17, 15) is 9.59 Å². The van der Waals surface area contributed by atoms with E-state index < -0.39 is 5.97 Å². The average molecular weight is 331 g/mol. The number of ether oxygens (including phenoxy) is 1. The van der Waals surface area contributed by atoms with Gasteiger partial charge in [-0.25, -0.2) is 4.79 Å². The van der Waals surface area contributed by atoms with Gasteiger partial charge in [-0.1, -0.05) is 25.1 Å². The maximum Gasteiger partial charge on any atom is 0.331 e. The summed E-state index contributed by atoms with van der Waals surface area (Å²) in [5.41, 5.74) is 3.32. The number of amidine groups is 1. The molecule has 1 saturated heterocycles. The van der Waals surface area contributed by atoms with Crippen LogP contribution in [0.15, 0.2) is 39.4 Å². The smallest absolute Gasteiger partial charge is 0.331 e. The van der Waals surface area contributed by atoms with E-state index in [2.05, 4.69) is 27.2 Å². The summed E-state index contributed by atoms with van der Waals surface area (Å²) in [4.78, 5) is 23.1. The largest absolute Gasteiger partial charge is 0.466 e. The van der Waals surface area contributed by atoms with Crippen LogP contribution in [0.2, 0.25) is 0 Å². The molecule has 1 aromatic carbocycles. The molecule has 0 aliphatic carbocycles. The van der Waals surface area contributed by atoms with Crippen LogP contribution in [0.4, 0.5) is 0 Å². The fourth-order valence-corrected chi connectivity index (χ4v) is 2.75. The third kappa shape index (κ3) is 4.29. The molecule has 2 rings (SSSR count). The summed E-state index contributed by atoms with van der Waals surface area (Å²) >= 11 is 1.05. The van der Waals surface area contributed by atoms with E-state index in [1.165, 1.54) is 12.7 Å². The summed E-state index contributed by atoms with van der Waals surface area (Å²) in [6.07, 6.45) is 3.70. The standard InChI is InChI=1S/C16H17N3O3S/c1-4-11-7-5-6-10(2)12(11)9-17-19-16-18-15(21)13(23-16)8-14(20)22-3/h5-9H,4H2,1-3H3,(H,18,19,21)/b13-8+,17-9?. The molecule has 0 saturated carbocycles. The van der Waals surface area contributed by atoms with Gasteiger partial charge in [-0.3, -0.25) is 10.1 Å². The van der Waals surface area contributed by atoms with Gasteiger partial charge in [-0.15, -0.1) is 5.10 Å². The quantitative estimate of drug-likeness (QED) is 0.397. The molecule has 23 heavy (non-hydrogen) atoms. The second-order valence-corrected chi connectivity index (χ2v) is 5.77. The Labute approximate surface area is 138 Å². The van der Waals surface area contributed by atoms with Gasteiger partial charge in [-0.2, -0.15) is 5.10 Å². The first-order chi connectivity index (χ1) is 11.0. The Kier molecular flexibility index (Phi) is 5.70. The molecule has 120 valence electrons. The van der Waals surface area contributed by atoms with E-state index >= 15 is 0 Å². The zero-order valence-corrected chi connectivity index (χ0v) is 13.9. The number of hydrogen-bond donors (Lipinski definition) is 1. The molecular weight excluding hydrogens is 314 g/mol. The van der Waals surface area contributed by atoms with Crippen LogP contribution in [-0.2, 0) is 20.7 Å². The normalized spacial score (nSPS) is 18.0. The molecule has 1 amide bonds. The topological polar surface area (TPSA) is 80.1 Å². The summed E-state index contributed by atoms with van der Waals surface area (Å²) in [6, 6.07) is 6.07. The van der Waals surface area contributed by atoms with E-state index in [1.807, 2.05) is 25.1 Å². The first kappa shape index (κ1) is 17.0. The number of esters is 1. The molecule has 1 aromatic rings. The van der Waals surface area contributed by atoms with Gasteiger partial charge in [0, 0.05) is 11.6 Å². The Balaban J connectivity index is 2.15. The number of benzene rings is 1. The van der Waals surface area contributed by atoms with Crippen molar-refractivity contribution in [2.75, 3.05) is 7.11 Å². The minimum atomic E-state index is -0.583. The number of thioether (sulfide) groups is 1. The van der Waals surface area contributed by atoms with Crippen LogP contribution in [0.25, 0.3) is 0 Å². The molecule has 0 spiro atoms. The van der Waals surface area contributed by atoms with Gasteiger partial charge in [0.1, 0.15) is 0 Å². The second kappa shape index (κ2) is 7.73. The number of aryl methyl sites for hydroxylation is 2. The summed E-state index contributed by atoms with van der Waals surface area (Å²) in [5.74, 6) is -0.973. The molecule has 0 aromatic heterocycles. The molecule has 1 N–H and O–H groups in total. The van der Waals surface area contributed by atoms with Gasteiger partial charge in [-0.05, 0) is 36.2 Å². The van der Waals surface area contributed by atoms with E-state index in [-0.39, 0.29) is 10.8 Å². The lowest BCUT2D eigenvalue weighted by Gasteiger charge is -2.05. The lowest BCUT2D eigenvalue weighted by Crippen LogP contribution is -2.19. The van der Waals surface area contributed by atoms with Crippen LogP contribution >= 0.6 is 11.8 Å². The maximum atomic E-state index is 11.7. The van der Waals surface area contributed by atoms with E-state index in [0.717, 1.165) is 35.4 Å². The van der Waals surface area contributed by atoms with Gasteiger partial charge in [0.25, 0.3) is 5.91 Å². The zero-order valence-electron chi connectivity index (χ0n) is 13.1. The molecular formula is C16H17N3O3S. The van der Waals surface area contributed by atoms with Gasteiger partial charge in [0.2, 0.25) is 0 Å².